The van der Waals surface area contributed by atoms with E-state index in [0.29, 0.717) is 42.7 Å². The summed E-state index contributed by atoms with van der Waals surface area (Å²) in [4.78, 5) is 23.5. The topological polar surface area (TPSA) is 108 Å². The van der Waals surface area contributed by atoms with Gasteiger partial charge in [0.1, 0.15) is 6.07 Å². The third-order valence-corrected chi connectivity index (χ3v) is 6.31. The zero-order chi connectivity index (χ0) is 21.4. The van der Waals surface area contributed by atoms with Gasteiger partial charge in [-0.2, -0.15) is 10.2 Å². The van der Waals surface area contributed by atoms with E-state index in [1.165, 1.54) is 23.2 Å². The normalized spacial score (nSPS) is 14.6. The number of nitrogens with one attached hydrogen (secondary N) is 1. The number of hydrogen-bond donors (Lipinski definition) is 1. The Kier molecular flexibility index (Phi) is 4.92. The number of anilines is 2. The van der Waals surface area contributed by atoms with Crippen LogP contribution in [0.2, 0.25) is 0 Å². The number of aryl methyl sites for hydroxylation is 1. The van der Waals surface area contributed by atoms with Crippen LogP contribution in [0, 0.1) is 24.2 Å². The molecule has 1 N–H and O–H groups in total. The molecule has 4 aromatic rings. The average Bonchev–Trinajstić information content (AvgIpc) is 3.52. The molecule has 1 aromatic carbocycles. The minimum atomic E-state index is -0.122. The number of nitriles is 1. The van der Waals surface area contributed by atoms with Gasteiger partial charge in [-0.15, -0.1) is 0 Å². The van der Waals surface area contributed by atoms with Crippen molar-refractivity contribution in [3.05, 3.63) is 47.9 Å². The summed E-state index contributed by atoms with van der Waals surface area (Å²) in [6, 6.07) is 11.6. The lowest BCUT2D eigenvalue weighted by molar-refractivity contribution is -0.120. The first-order valence-corrected chi connectivity index (χ1v) is 10.8. The Bertz CT molecular complexity index is 1280. The summed E-state index contributed by atoms with van der Waals surface area (Å²) in [7, 11) is 0. The molecule has 156 valence electrons. The molecule has 4 heterocycles. The van der Waals surface area contributed by atoms with Crippen LogP contribution in [-0.2, 0) is 4.79 Å². The van der Waals surface area contributed by atoms with Crippen LogP contribution in [-0.4, -0.2) is 29.0 Å². The fourth-order valence-electron chi connectivity index (χ4n) is 3.74. The molecule has 0 spiro atoms. The average molecular weight is 433 g/mol. The van der Waals surface area contributed by atoms with Crippen LogP contribution < -0.4 is 10.2 Å². The molecule has 0 unspecified atom stereocenters. The highest BCUT2D eigenvalue weighted by atomic mass is 32.1. The van der Waals surface area contributed by atoms with Crippen molar-refractivity contribution in [2.75, 3.05) is 23.3 Å². The molecule has 0 atom stereocenters. The molecular weight excluding hydrogens is 414 g/mol. The van der Waals surface area contributed by atoms with Crippen molar-refractivity contribution < 1.29 is 13.6 Å². The van der Waals surface area contributed by atoms with Gasteiger partial charge in [0.05, 0.1) is 16.5 Å². The van der Waals surface area contributed by atoms with E-state index in [9.17, 15) is 10.1 Å². The first-order chi connectivity index (χ1) is 15.1. The summed E-state index contributed by atoms with van der Waals surface area (Å²) in [5.74, 6) is 1.03. The second kappa shape index (κ2) is 7.89. The van der Waals surface area contributed by atoms with E-state index in [2.05, 4.69) is 27.4 Å². The molecule has 0 saturated carbocycles. The Balaban J connectivity index is 1.25. The number of fused-ring (bicyclic) bond motifs is 1. The number of thiazole rings is 1. The van der Waals surface area contributed by atoms with Crippen molar-refractivity contribution in [1.29, 1.82) is 5.26 Å². The third kappa shape index (κ3) is 3.78. The van der Waals surface area contributed by atoms with Crippen molar-refractivity contribution in [3.8, 4) is 17.7 Å². The van der Waals surface area contributed by atoms with Crippen LogP contribution in [0.15, 0.2) is 45.4 Å². The summed E-state index contributed by atoms with van der Waals surface area (Å²) >= 11 is 1.49. The van der Waals surface area contributed by atoms with Crippen molar-refractivity contribution in [1.82, 2.24) is 9.97 Å². The minimum absolute atomic E-state index is 0.0234. The van der Waals surface area contributed by atoms with Crippen LogP contribution in [0.4, 0.5) is 11.0 Å². The molecule has 31 heavy (non-hydrogen) atoms. The van der Waals surface area contributed by atoms with Gasteiger partial charge in [0.25, 0.3) is 5.89 Å². The highest BCUT2D eigenvalue weighted by molar-refractivity contribution is 7.22. The molecule has 1 aliphatic rings. The fraction of sp³-hybridized carbons (Fsp3) is 0.273. The monoisotopic (exact) mass is 433 g/mol. The van der Waals surface area contributed by atoms with Crippen LogP contribution in [0.3, 0.4) is 0 Å². The standard InChI is InChI=1S/C22H19N5O3S/c1-13-4-5-15-18(11-13)31-22(25-15)26-19(28)14-6-8-27(9-7-14)21-16(12-23)24-20(30-21)17-3-2-10-29-17/h2-5,10-11,14H,6-9H2,1H3,(H,25,26,28). The maximum atomic E-state index is 12.8. The van der Waals surface area contributed by atoms with E-state index < -0.39 is 0 Å². The zero-order valence-electron chi connectivity index (χ0n) is 16.8. The van der Waals surface area contributed by atoms with Crippen LogP contribution in [0.5, 0.6) is 0 Å². The van der Waals surface area contributed by atoms with Gasteiger partial charge in [-0.25, -0.2) is 4.98 Å². The van der Waals surface area contributed by atoms with Crippen LogP contribution >= 0.6 is 11.3 Å². The number of carbonyl (C=O) groups excluding carboxylic acids is 1. The second-order valence-electron chi connectivity index (χ2n) is 7.50. The largest absolute Gasteiger partial charge is 0.459 e. The molecule has 3 aromatic heterocycles. The van der Waals surface area contributed by atoms with Crippen LogP contribution in [0.25, 0.3) is 21.9 Å². The summed E-state index contributed by atoms with van der Waals surface area (Å²) in [6.45, 7) is 3.23. The molecule has 8 nitrogen and oxygen atoms in total. The Labute approximate surface area is 182 Å². The van der Waals surface area contributed by atoms with Gasteiger partial charge in [-0.3, -0.25) is 4.79 Å². The van der Waals surface area contributed by atoms with E-state index in [-0.39, 0.29) is 23.4 Å². The lowest BCUT2D eigenvalue weighted by atomic mass is 9.96. The van der Waals surface area contributed by atoms with Gasteiger partial charge in [0, 0.05) is 19.0 Å². The molecular formula is C22H19N5O3S. The number of amides is 1. The summed E-state index contributed by atoms with van der Waals surface area (Å²) < 4.78 is 12.2. The van der Waals surface area contributed by atoms with E-state index in [0.717, 1.165) is 10.2 Å². The number of oxazole rings is 1. The molecule has 0 radical (unpaired) electrons. The third-order valence-electron chi connectivity index (χ3n) is 5.37. The number of furan rings is 1. The Morgan fingerprint density at radius 3 is 2.87 bits per heavy atom. The highest BCUT2D eigenvalue weighted by Crippen LogP contribution is 2.32. The van der Waals surface area contributed by atoms with Crippen molar-refractivity contribution in [3.63, 3.8) is 0 Å². The van der Waals surface area contributed by atoms with Crippen molar-refractivity contribution >= 4 is 38.5 Å². The molecule has 9 heteroatoms. The molecule has 1 amide bonds. The SMILES string of the molecule is Cc1ccc2nc(NC(=O)C3CCN(c4oc(-c5ccco5)nc4C#N)CC3)sc2c1. The molecule has 5 rings (SSSR count). The second-order valence-corrected chi connectivity index (χ2v) is 8.53. The van der Waals surface area contributed by atoms with E-state index in [1.807, 2.05) is 24.0 Å². The fourth-order valence-corrected chi connectivity index (χ4v) is 4.71. The smallest absolute Gasteiger partial charge is 0.266 e. The van der Waals surface area contributed by atoms with Crippen molar-refractivity contribution in [2.45, 2.75) is 19.8 Å². The molecule has 0 aliphatic carbocycles. The predicted octanol–water partition coefficient (Wildman–Crippen LogP) is 4.58. The molecule has 0 bridgehead atoms. The van der Waals surface area contributed by atoms with E-state index >= 15 is 0 Å². The number of hydrogen-bond acceptors (Lipinski definition) is 8. The van der Waals surface area contributed by atoms with Crippen LogP contribution in [0.1, 0.15) is 24.1 Å². The number of carbonyl (C=O) groups is 1. The first-order valence-electron chi connectivity index (χ1n) is 9.98. The number of rotatable bonds is 4. The quantitative estimate of drug-likeness (QED) is 0.502. The summed E-state index contributed by atoms with van der Waals surface area (Å²) in [5, 5.41) is 13.0. The van der Waals surface area contributed by atoms with Gasteiger partial charge in [0.2, 0.25) is 17.5 Å². The van der Waals surface area contributed by atoms with Gasteiger partial charge >= 0.3 is 0 Å². The maximum absolute atomic E-state index is 12.8. The van der Waals surface area contributed by atoms with Gasteiger partial charge in [0.15, 0.2) is 10.9 Å². The highest BCUT2D eigenvalue weighted by Gasteiger charge is 2.29. The first kappa shape index (κ1) is 19.3. The molecule has 1 saturated heterocycles. The predicted molar refractivity (Wildman–Crippen MR) is 117 cm³/mol. The number of nitrogens with zero attached hydrogens (tertiary/aromatic N) is 4. The Morgan fingerprint density at radius 1 is 1.29 bits per heavy atom. The van der Waals surface area contributed by atoms with E-state index in [4.69, 9.17) is 8.83 Å². The summed E-state index contributed by atoms with van der Waals surface area (Å²) in [6.07, 6.45) is 2.83. The van der Waals surface area contributed by atoms with E-state index in [1.54, 1.807) is 12.1 Å². The maximum Gasteiger partial charge on any atom is 0.266 e. The van der Waals surface area contributed by atoms with Gasteiger partial charge in [-0.1, -0.05) is 17.4 Å². The Hall–Kier alpha value is -3.64. The minimum Gasteiger partial charge on any atom is -0.459 e. The molecule has 1 fully saturated rings. The zero-order valence-corrected chi connectivity index (χ0v) is 17.6. The van der Waals surface area contributed by atoms with Gasteiger partial charge in [-0.05, 0) is 49.6 Å². The Morgan fingerprint density at radius 2 is 2.13 bits per heavy atom. The molecule has 1 aliphatic heterocycles. The summed E-state index contributed by atoms with van der Waals surface area (Å²) in [5.41, 5.74) is 2.28. The number of piperidine rings is 1. The van der Waals surface area contributed by atoms with Gasteiger partial charge < -0.3 is 19.1 Å². The number of benzene rings is 1. The lowest BCUT2D eigenvalue weighted by Gasteiger charge is -2.30. The van der Waals surface area contributed by atoms with Crippen molar-refractivity contribution in [2.24, 2.45) is 5.92 Å². The lowest BCUT2D eigenvalue weighted by Crippen LogP contribution is -2.38. The number of aromatic nitrogens is 2.